The molecule has 0 amide bonds. The number of rotatable bonds is 4. The van der Waals surface area contributed by atoms with Crippen LogP contribution in [0.1, 0.15) is 42.0 Å². The molecule has 1 aromatic heterocycles. The third-order valence-corrected chi connectivity index (χ3v) is 5.50. The molecule has 4 nitrogen and oxygen atoms in total. The van der Waals surface area contributed by atoms with Crippen LogP contribution in [0.5, 0.6) is 5.75 Å². The molecule has 1 aliphatic heterocycles. The highest BCUT2D eigenvalue weighted by Crippen LogP contribution is 2.36. The van der Waals surface area contributed by atoms with E-state index >= 15 is 0 Å². The fourth-order valence-electron chi connectivity index (χ4n) is 3.81. The van der Waals surface area contributed by atoms with Crippen LogP contribution in [0.2, 0.25) is 0 Å². The van der Waals surface area contributed by atoms with Gasteiger partial charge in [-0.05, 0) is 61.6 Å². The SMILES string of the molecule is CCCCc1cc(=O)oc2c3c(ccc12)OCN(c1cccc(C)c1C)C3. The lowest BCUT2D eigenvalue weighted by molar-refractivity contribution is 0.289. The lowest BCUT2D eigenvalue weighted by Crippen LogP contribution is -2.32. The highest BCUT2D eigenvalue weighted by molar-refractivity contribution is 5.86. The molecule has 0 saturated heterocycles. The quantitative estimate of drug-likeness (QED) is 0.604. The van der Waals surface area contributed by atoms with Crippen molar-refractivity contribution in [3.8, 4) is 5.75 Å². The predicted molar refractivity (Wildman–Crippen MR) is 109 cm³/mol. The Bertz CT molecular complexity index is 1050. The molecule has 3 aromatic rings. The Morgan fingerprint density at radius 3 is 2.81 bits per heavy atom. The zero-order valence-corrected chi connectivity index (χ0v) is 16.2. The number of fused-ring (bicyclic) bond motifs is 3. The molecule has 0 unspecified atom stereocenters. The van der Waals surface area contributed by atoms with Crippen molar-refractivity contribution in [2.24, 2.45) is 0 Å². The lowest BCUT2D eigenvalue weighted by atomic mass is 10.0. The molecule has 4 heteroatoms. The molecular formula is C23H25NO3. The minimum absolute atomic E-state index is 0.286. The van der Waals surface area contributed by atoms with Crippen molar-refractivity contribution >= 4 is 16.7 Å². The Labute approximate surface area is 159 Å². The van der Waals surface area contributed by atoms with Gasteiger partial charge in [-0.2, -0.15) is 0 Å². The normalized spacial score (nSPS) is 13.5. The van der Waals surface area contributed by atoms with Crippen molar-refractivity contribution in [3.63, 3.8) is 0 Å². The first kappa shape index (κ1) is 17.7. The van der Waals surface area contributed by atoms with E-state index in [4.69, 9.17) is 9.15 Å². The summed E-state index contributed by atoms with van der Waals surface area (Å²) in [5.74, 6) is 0.805. The lowest BCUT2D eigenvalue weighted by Gasteiger charge is -2.32. The van der Waals surface area contributed by atoms with E-state index < -0.39 is 0 Å². The minimum atomic E-state index is -0.286. The number of hydrogen-bond acceptors (Lipinski definition) is 4. The maximum atomic E-state index is 12.2. The number of unbranched alkanes of at least 4 members (excludes halogenated alkanes) is 1. The fraction of sp³-hybridized carbons (Fsp3) is 0.348. The second kappa shape index (κ2) is 7.10. The molecule has 140 valence electrons. The van der Waals surface area contributed by atoms with Gasteiger partial charge in [0.15, 0.2) is 6.73 Å². The number of ether oxygens (including phenoxy) is 1. The van der Waals surface area contributed by atoms with Crippen molar-refractivity contribution in [1.82, 2.24) is 0 Å². The van der Waals surface area contributed by atoms with Gasteiger partial charge < -0.3 is 14.1 Å². The number of hydrogen-bond donors (Lipinski definition) is 0. The molecular weight excluding hydrogens is 338 g/mol. The van der Waals surface area contributed by atoms with Crippen molar-refractivity contribution < 1.29 is 9.15 Å². The summed E-state index contributed by atoms with van der Waals surface area (Å²) in [6, 6.07) is 12.0. The van der Waals surface area contributed by atoms with Crippen LogP contribution in [0.25, 0.3) is 11.0 Å². The monoisotopic (exact) mass is 363 g/mol. The van der Waals surface area contributed by atoms with E-state index in [1.54, 1.807) is 6.07 Å². The van der Waals surface area contributed by atoms with Crippen molar-refractivity contribution in [1.29, 1.82) is 0 Å². The Kier molecular flexibility index (Phi) is 4.65. The smallest absolute Gasteiger partial charge is 0.336 e. The van der Waals surface area contributed by atoms with Crippen LogP contribution in [-0.4, -0.2) is 6.73 Å². The number of nitrogens with zero attached hydrogens (tertiary/aromatic N) is 1. The third kappa shape index (κ3) is 3.20. The second-order valence-electron chi connectivity index (χ2n) is 7.30. The van der Waals surface area contributed by atoms with Crippen LogP contribution >= 0.6 is 0 Å². The van der Waals surface area contributed by atoms with Crippen LogP contribution in [-0.2, 0) is 13.0 Å². The van der Waals surface area contributed by atoms with Crippen molar-refractivity contribution in [2.75, 3.05) is 11.6 Å². The van der Waals surface area contributed by atoms with Crippen molar-refractivity contribution in [2.45, 2.75) is 46.6 Å². The van der Waals surface area contributed by atoms with Gasteiger partial charge in [0.2, 0.25) is 0 Å². The Morgan fingerprint density at radius 1 is 1.15 bits per heavy atom. The van der Waals surface area contributed by atoms with E-state index in [0.29, 0.717) is 18.9 Å². The fourth-order valence-corrected chi connectivity index (χ4v) is 3.81. The van der Waals surface area contributed by atoms with E-state index in [9.17, 15) is 4.79 Å². The van der Waals surface area contributed by atoms with E-state index in [-0.39, 0.29) is 5.63 Å². The molecule has 1 aliphatic rings. The van der Waals surface area contributed by atoms with Gasteiger partial charge in [0, 0.05) is 17.1 Å². The van der Waals surface area contributed by atoms with Crippen LogP contribution in [0.3, 0.4) is 0 Å². The Hall–Kier alpha value is -2.75. The van der Waals surface area contributed by atoms with Gasteiger partial charge in [-0.15, -0.1) is 0 Å². The first-order chi connectivity index (χ1) is 13.1. The van der Waals surface area contributed by atoms with E-state index in [0.717, 1.165) is 47.2 Å². The minimum Gasteiger partial charge on any atom is -0.473 e. The summed E-state index contributed by atoms with van der Waals surface area (Å²) in [6.07, 6.45) is 3.04. The van der Waals surface area contributed by atoms with E-state index in [1.807, 2.05) is 12.1 Å². The number of benzene rings is 2. The summed E-state index contributed by atoms with van der Waals surface area (Å²) >= 11 is 0. The molecule has 2 heterocycles. The van der Waals surface area contributed by atoms with Gasteiger partial charge in [0.1, 0.15) is 11.3 Å². The van der Waals surface area contributed by atoms with Crippen LogP contribution in [0, 0.1) is 13.8 Å². The van der Waals surface area contributed by atoms with E-state index in [1.165, 1.54) is 11.1 Å². The maximum Gasteiger partial charge on any atom is 0.336 e. The van der Waals surface area contributed by atoms with Crippen LogP contribution < -0.4 is 15.3 Å². The number of aryl methyl sites for hydroxylation is 2. The van der Waals surface area contributed by atoms with Crippen LogP contribution in [0.4, 0.5) is 5.69 Å². The molecule has 2 aromatic carbocycles. The molecule has 0 fully saturated rings. The van der Waals surface area contributed by atoms with Gasteiger partial charge >= 0.3 is 5.63 Å². The number of anilines is 1. The summed E-state index contributed by atoms with van der Waals surface area (Å²) in [4.78, 5) is 14.4. The molecule has 0 N–H and O–H groups in total. The molecule has 0 atom stereocenters. The van der Waals surface area contributed by atoms with Gasteiger partial charge in [-0.25, -0.2) is 4.79 Å². The maximum absolute atomic E-state index is 12.2. The molecule has 27 heavy (non-hydrogen) atoms. The van der Waals surface area contributed by atoms with Crippen LogP contribution in [0.15, 0.2) is 45.6 Å². The molecule has 4 rings (SSSR count). The Balaban J connectivity index is 1.81. The van der Waals surface area contributed by atoms with E-state index in [2.05, 4.69) is 43.9 Å². The molecule has 0 radical (unpaired) electrons. The summed E-state index contributed by atoms with van der Waals surface area (Å²) in [5, 5.41) is 1.02. The summed E-state index contributed by atoms with van der Waals surface area (Å²) in [6.45, 7) is 7.56. The molecule has 0 aliphatic carbocycles. The van der Waals surface area contributed by atoms with Gasteiger partial charge in [0.25, 0.3) is 0 Å². The highest BCUT2D eigenvalue weighted by Gasteiger charge is 2.23. The average Bonchev–Trinajstić information content (AvgIpc) is 2.67. The topological polar surface area (TPSA) is 42.7 Å². The summed E-state index contributed by atoms with van der Waals surface area (Å²) in [7, 11) is 0. The molecule has 0 spiro atoms. The Morgan fingerprint density at radius 2 is 2.00 bits per heavy atom. The summed E-state index contributed by atoms with van der Waals surface area (Å²) < 4.78 is 11.7. The van der Waals surface area contributed by atoms with Gasteiger partial charge in [0.05, 0.1) is 12.1 Å². The molecule has 0 bridgehead atoms. The summed E-state index contributed by atoms with van der Waals surface area (Å²) in [5.41, 5.74) is 6.05. The largest absolute Gasteiger partial charge is 0.473 e. The highest BCUT2D eigenvalue weighted by atomic mass is 16.5. The van der Waals surface area contributed by atoms with Crippen molar-refractivity contribution in [3.05, 3.63) is 69.1 Å². The van der Waals surface area contributed by atoms with Gasteiger partial charge in [-0.3, -0.25) is 0 Å². The first-order valence-corrected chi connectivity index (χ1v) is 9.61. The molecule has 0 saturated carbocycles. The third-order valence-electron chi connectivity index (χ3n) is 5.50. The van der Waals surface area contributed by atoms with Gasteiger partial charge in [-0.1, -0.05) is 25.5 Å². The standard InChI is InChI=1S/C23H25NO3/c1-4-5-8-17-12-22(25)27-23-18(17)10-11-21-19(23)13-24(14-26-21)20-9-6-7-15(2)16(20)3/h6-7,9-12H,4-5,8,13-14H2,1-3H3. The zero-order valence-electron chi connectivity index (χ0n) is 16.2. The predicted octanol–water partition coefficient (Wildman–Crippen LogP) is 5.11. The second-order valence-corrected chi connectivity index (χ2v) is 7.30. The first-order valence-electron chi connectivity index (χ1n) is 9.61. The zero-order chi connectivity index (χ0) is 19.0. The average molecular weight is 363 g/mol.